The number of fused-ring (bicyclic) bond motifs is 1. The summed E-state index contributed by atoms with van der Waals surface area (Å²) in [7, 11) is 0. The molecule has 0 unspecified atom stereocenters. The molecule has 1 aromatic heterocycles. The molecule has 0 atom stereocenters. The van der Waals surface area contributed by atoms with E-state index in [1.807, 2.05) is 48.9 Å². The van der Waals surface area contributed by atoms with Gasteiger partial charge in [-0.05, 0) is 61.5 Å². The molecular weight excluding hydrogens is 272 g/mol. The minimum Gasteiger partial charge on any atom is -0.338 e. The SMILES string of the molecule is Cc1ccc2c(ccn2CC(=O)Nc2cccc(C)c2C)c1. The molecule has 1 heterocycles. The maximum absolute atomic E-state index is 12.3. The second-order valence-electron chi connectivity index (χ2n) is 5.80. The van der Waals surface area contributed by atoms with Crippen LogP contribution in [0.15, 0.2) is 48.7 Å². The van der Waals surface area contributed by atoms with Crippen LogP contribution >= 0.6 is 0 Å². The maximum atomic E-state index is 12.3. The van der Waals surface area contributed by atoms with Crippen LogP contribution in [0.2, 0.25) is 0 Å². The topological polar surface area (TPSA) is 34.0 Å². The molecule has 0 saturated heterocycles. The molecule has 0 radical (unpaired) electrons. The fourth-order valence-electron chi connectivity index (χ4n) is 2.69. The van der Waals surface area contributed by atoms with E-state index in [9.17, 15) is 4.79 Å². The highest BCUT2D eigenvalue weighted by Gasteiger charge is 2.08. The van der Waals surface area contributed by atoms with Crippen LogP contribution in [-0.2, 0) is 11.3 Å². The Bertz CT molecular complexity index is 846. The van der Waals surface area contributed by atoms with Gasteiger partial charge < -0.3 is 9.88 Å². The predicted molar refractivity (Wildman–Crippen MR) is 91.2 cm³/mol. The van der Waals surface area contributed by atoms with Crippen LogP contribution in [0.1, 0.15) is 16.7 Å². The zero-order valence-corrected chi connectivity index (χ0v) is 13.2. The van der Waals surface area contributed by atoms with E-state index in [4.69, 9.17) is 0 Å². The molecule has 0 saturated carbocycles. The first-order valence-corrected chi connectivity index (χ1v) is 7.46. The Hall–Kier alpha value is -2.55. The van der Waals surface area contributed by atoms with Gasteiger partial charge in [0.05, 0.1) is 0 Å². The van der Waals surface area contributed by atoms with Crippen molar-refractivity contribution >= 4 is 22.5 Å². The number of aromatic nitrogens is 1. The third kappa shape index (κ3) is 2.75. The van der Waals surface area contributed by atoms with E-state index < -0.39 is 0 Å². The number of carbonyl (C=O) groups excluding carboxylic acids is 1. The van der Waals surface area contributed by atoms with Gasteiger partial charge in [0, 0.05) is 17.4 Å². The fraction of sp³-hybridized carbons (Fsp3) is 0.211. The maximum Gasteiger partial charge on any atom is 0.244 e. The number of rotatable bonds is 3. The molecule has 1 N–H and O–H groups in total. The monoisotopic (exact) mass is 292 g/mol. The molecule has 3 rings (SSSR count). The highest BCUT2D eigenvalue weighted by atomic mass is 16.1. The number of amides is 1. The summed E-state index contributed by atoms with van der Waals surface area (Å²) in [6, 6.07) is 14.3. The molecule has 3 nitrogen and oxygen atoms in total. The summed E-state index contributed by atoms with van der Waals surface area (Å²) in [6.07, 6.45) is 1.97. The average Bonchev–Trinajstić information content (AvgIpc) is 2.86. The van der Waals surface area contributed by atoms with Crippen LogP contribution in [0.3, 0.4) is 0 Å². The summed E-state index contributed by atoms with van der Waals surface area (Å²) in [4.78, 5) is 12.3. The van der Waals surface area contributed by atoms with Gasteiger partial charge in [0.25, 0.3) is 0 Å². The summed E-state index contributed by atoms with van der Waals surface area (Å²) in [5, 5.41) is 4.17. The second kappa shape index (κ2) is 5.68. The smallest absolute Gasteiger partial charge is 0.244 e. The van der Waals surface area contributed by atoms with Crippen molar-refractivity contribution in [3.8, 4) is 0 Å². The molecule has 0 bridgehead atoms. The zero-order chi connectivity index (χ0) is 15.7. The predicted octanol–water partition coefficient (Wildman–Crippen LogP) is 4.21. The number of benzene rings is 2. The Morgan fingerprint density at radius 1 is 1.09 bits per heavy atom. The van der Waals surface area contributed by atoms with E-state index >= 15 is 0 Å². The van der Waals surface area contributed by atoms with Crippen molar-refractivity contribution < 1.29 is 4.79 Å². The Morgan fingerprint density at radius 2 is 1.91 bits per heavy atom. The van der Waals surface area contributed by atoms with Gasteiger partial charge in [0.2, 0.25) is 5.91 Å². The van der Waals surface area contributed by atoms with Gasteiger partial charge >= 0.3 is 0 Å². The second-order valence-corrected chi connectivity index (χ2v) is 5.80. The van der Waals surface area contributed by atoms with Gasteiger partial charge in [-0.3, -0.25) is 4.79 Å². The lowest BCUT2D eigenvalue weighted by molar-refractivity contribution is -0.116. The van der Waals surface area contributed by atoms with Gasteiger partial charge in [-0.25, -0.2) is 0 Å². The van der Waals surface area contributed by atoms with Gasteiger partial charge in [0.1, 0.15) is 6.54 Å². The molecule has 0 fully saturated rings. The zero-order valence-electron chi connectivity index (χ0n) is 13.2. The summed E-state index contributed by atoms with van der Waals surface area (Å²) >= 11 is 0. The van der Waals surface area contributed by atoms with Crippen molar-refractivity contribution in [1.82, 2.24) is 4.57 Å². The number of hydrogen-bond donors (Lipinski definition) is 1. The first kappa shape index (κ1) is 14.4. The number of carbonyl (C=O) groups is 1. The third-order valence-electron chi connectivity index (χ3n) is 4.12. The summed E-state index contributed by atoms with van der Waals surface area (Å²) in [6.45, 7) is 6.47. The Labute approximate surface area is 130 Å². The van der Waals surface area contributed by atoms with Crippen LogP contribution in [0.25, 0.3) is 10.9 Å². The lowest BCUT2D eigenvalue weighted by Crippen LogP contribution is -2.18. The number of anilines is 1. The Morgan fingerprint density at radius 3 is 2.73 bits per heavy atom. The molecule has 0 aliphatic rings. The summed E-state index contributed by atoms with van der Waals surface area (Å²) in [5.41, 5.74) is 5.49. The van der Waals surface area contributed by atoms with E-state index in [1.165, 1.54) is 16.5 Å². The van der Waals surface area contributed by atoms with Crippen LogP contribution in [0.5, 0.6) is 0 Å². The average molecular weight is 292 g/mol. The normalized spacial score (nSPS) is 10.9. The lowest BCUT2D eigenvalue weighted by Gasteiger charge is -2.11. The molecule has 0 aliphatic heterocycles. The molecule has 0 spiro atoms. The van der Waals surface area contributed by atoms with Crippen LogP contribution in [0, 0.1) is 20.8 Å². The van der Waals surface area contributed by atoms with Gasteiger partial charge in [0.15, 0.2) is 0 Å². The molecule has 0 aliphatic carbocycles. The number of aryl methyl sites for hydroxylation is 2. The van der Waals surface area contributed by atoms with Crippen molar-refractivity contribution in [1.29, 1.82) is 0 Å². The molecule has 112 valence electrons. The molecule has 2 aromatic carbocycles. The standard InChI is InChI=1S/C19H20N2O/c1-13-7-8-18-16(11-13)9-10-21(18)12-19(22)20-17-6-4-5-14(2)15(17)3/h4-11H,12H2,1-3H3,(H,20,22). The Kier molecular flexibility index (Phi) is 3.72. The number of hydrogen-bond acceptors (Lipinski definition) is 1. The molecule has 1 amide bonds. The third-order valence-corrected chi connectivity index (χ3v) is 4.12. The minimum atomic E-state index is -0.00762. The fourth-order valence-corrected chi connectivity index (χ4v) is 2.69. The van der Waals surface area contributed by atoms with Crippen molar-refractivity contribution in [3.05, 3.63) is 65.4 Å². The van der Waals surface area contributed by atoms with Gasteiger partial charge in [-0.15, -0.1) is 0 Å². The summed E-state index contributed by atoms with van der Waals surface area (Å²) < 4.78 is 1.98. The van der Waals surface area contributed by atoms with E-state index in [0.717, 1.165) is 16.8 Å². The Balaban J connectivity index is 1.80. The molecule has 3 heteroatoms. The first-order valence-electron chi connectivity index (χ1n) is 7.46. The minimum absolute atomic E-state index is 0.00762. The first-order chi connectivity index (χ1) is 10.5. The van der Waals surface area contributed by atoms with E-state index in [0.29, 0.717) is 6.54 Å². The van der Waals surface area contributed by atoms with Crippen molar-refractivity contribution in [3.63, 3.8) is 0 Å². The largest absolute Gasteiger partial charge is 0.338 e. The quantitative estimate of drug-likeness (QED) is 0.771. The lowest BCUT2D eigenvalue weighted by atomic mass is 10.1. The number of nitrogens with zero attached hydrogens (tertiary/aromatic N) is 1. The molecule has 22 heavy (non-hydrogen) atoms. The summed E-state index contributed by atoms with van der Waals surface area (Å²) in [5.74, 6) is -0.00762. The van der Waals surface area contributed by atoms with Crippen LogP contribution < -0.4 is 5.32 Å². The molecule has 3 aromatic rings. The van der Waals surface area contributed by atoms with Crippen molar-refractivity contribution in [2.45, 2.75) is 27.3 Å². The van der Waals surface area contributed by atoms with Gasteiger partial charge in [-0.2, -0.15) is 0 Å². The van der Waals surface area contributed by atoms with Crippen LogP contribution in [0.4, 0.5) is 5.69 Å². The van der Waals surface area contributed by atoms with E-state index in [1.54, 1.807) is 0 Å². The highest BCUT2D eigenvalue weighted by Crippen LogP contribution is 2.19. The van der Waals surface area contributed by atoms with E-state index in [-0.39, 0.29) is 5.91 Å². The highest BCUT2D eigenvalue weighted by molar-refractivity contribution is 5.93. The van der Waals surface area contributed by atoms with E-state index in [2.05, 4.69) is 30.4 Å². The van der Waals surface area contributed by atoms with Crippen molar-refractivity contribution in [2.24, 2.45) is 0 Å². The molecular formula is C19H20N2O. The number of nitrogens with one attached hydrogen (secondary N) is 1. The van der Waals surface area contributed by atoms with Gasteiger partial charge in [-0.1, -0.05) is 23.8 Å². The van der Waals surface area contributed by atoms with Crippen molar-refractivity contribution in [2.75, 3.05) is 5.32 Å². The van der Waals surface area contributed by atoms with Crippen LogP contribution in [-0.4, -0.2) is 10.5 Å².